The Morgan fingerprint density at radius 2 is 2.25 bits per heavy atom. The van der Waals surface area contributed by atoms with Crippen LogP contribution in [-0.4, -0.2) is 21.7 Å². The van der Waals surface area contributed by atoms with Gasteiger partial charge in [0.25, 0.3) is 0 Å². The molecule has 0 saturated heterocycles. The summed E-state index contributed by atoms with van der Waals surface area (Å²) in [7, 11) is 0. The Kier molecular flexibility index (Phi) is 3.17. The Hall–Kier alpha value is -1.46. The minimum Gasteiger partial charge on any atom is -0.330 e. The van der Waals surface area contributed by atoms with Gasteiger partial charge in [0.05, 0.1) is 5.02 Å². The zero-order chi connectivity index (χ0) is 11.5. The average molecular weight is 241 g/mol. The minimum absolute atomic E-state index is 0.0580. The number of nitrogens with two attached hydrogens (primary N) is 1. The molecular weight excluding hydrogens is 231 g/mol. The maximum absolute atomic E-state index is 12.9. The van der Waals surface area contributed by atoms with Gasteiger partial charge in [-0.25, -0.2) is 9.37 Å². The molecule has 6 heteroatoms. The van der Waals surface area contributed by atoms with Crippen molar-refractivity contribution in [1.29, 1.82) is 0 Å². The Bertz CT molecular complexity index is 497. The highest BCUT2D eigenvalue weighted by Gasteiger charge is 2.07. The van der Waals surface area contributed by atoms with E-state index >= 15 is 0 Å². The molecule has 1 heterocycles. The highest BCUT2D eigenvalue weighted by Crippen LogP contribution is 2.22. The molecule has 0 bridgehead atoms. The number of nitrogens with zero attached hydrogens (tertiary/aromatic N) is 2. The lowest BCUT2D eigenvalue weighted by molar-refractivity contribution is 0.628. The van der Waals surface area contributed by atoms with Crippen molar-refractivity contribution >= 4 is 11.6 Å². The summed E-state index contributed by atoms with van der Waals surface area (Å²) in [5.41, 5.74) is 6.07. The first-order chi connectivity index (χ1) is 7.70. The van der Waals surface area contributed by atoms with E-state index in [1.165, 1.54) is 12.1 Å². The standard InChI is InChI=1S/C10H10ClFN4/c11-7-5-6(1-2-8(7)12)10-14-9(3-4-13)15-16-10/h1-2,5H,3-4,13H2,(H,14,15,16). The van der Waals surface area contributed by atoms with Crippen LogP contribution in [0.2, 0.25) is 5.02 Å². The molecular formula is C10H10ClFN4. The lowest BCUT2D eigenvalue weighted by Crippen LogP contribution is -2.03. The van der Waals surface area contributed by atoms with Gasteiger partial charge in [-0.05, 0) is 24.7 Å². The third-order valence-corrected chi connectivity index (χ3v) is 2.38. The second-order valence-corrected chi connectivity index (χ2v) is 3.68. The molecule has 84 valence electrons. The van der Waals surface area contributed by atoms with Crippen molar-refractivity contribution < 1.29 is 4.39 Å². The highest BCUT2D eigenvalue weighted by atomic mass is 35.5. The summed E-state index contributed by atoms with van der Waals surface area (Å²) in [5.74, 6) is 0.742. The number of aromatic nitrogens is 3. The van der Waals surface area contributed by atoms with Crippen LogP contribution in [0.15, 0.2) is 18.2 Å². The van der Waals surface area contributed by atoms with Gasteiger partial charge in [0.15, 0.2) is 5.82 Å². The summed E-state index contributed by atoms with van der Waals surface area (Å²) in [6.07, 6.45) is 0.627. The molecule has 0 fully saturated rings. The fourth-order valence-corrected chi connectivity index (χ4v) is 1.49. The first kappa shape index (κ1) is 11.0. The van der Waals surface area contributed by atoms with Crippen LogP contribution in [-0.2, 0) is 6.42 Å². The van der Waals surface area contributed by atoms with Crippen LogP contribution in [0.1, 0.15) is 5.82 Å². The summed E-state index contributed by atoms with van der Waals surface area (Å²) in [6, 6.07) is 4.36. The number of hydrogen-bond donors (Lipinski definition) is 2. The van der Waals surface area contributed by atoms with E-state index in [9.17, 15) is 4.39 Å². The number of hydrogen-bond acceptors (Lipinski definition) is 3. The number of halogens is 2. The minimum atomic E-state index is -0.455. The molecule has 0 aliphatic rings. The van der Waals surface area contributed by atoms with Gasteiger partial charge in [-0.3, -0.25) is 5.10 Å². The maximum atomic E-state index is 12.9. The number of H-pyrrole nitrogens is 1. The first-order valence-electron chi connectivity index (χ1n) is 4.77. The predicted octanol–water partition coefficient (Wildman–Crippen LogP) is 1.77. The quantitative estimate of drug-likeness (QED) is 0.859. The lowest BCUT2D eigenvalue weighted by Gasteiger charge is -1.97. The van der Waals surface area contributed by atoms with E-state index in [1.54, 1.807) is 6.07 Å². The molecule has 0 spiro atoms. The SMILES string of the molecule is NCCc1nc(-c2ccc(F)c(Cl)c2)n[nH]1. The average Bonchev–Trinajstić information content (AvgIpc) is 2.71. The third kappa shape index (κ3) is 2.20. The molecule has 1 aromatic carbocycles. The molecule has 16 heavy (non-hydrogen) atoms. The molecule has 1 aromatic heterocycles. The van der Waals surface area contributed by atoms with Gasteiger partial charge in [-0.15, -0.1) is 0 Å². The van der Waals surface area contributed by atoms with Gasteiger partial charge in [0.1, 0.15) is 11.6 Å². The number of benzene rings is 1. The molecule has 0 radical (unpaired) electrons. The van der Waals surface area contributed by atoms with Crippen molar-refractivity contribution in [3.8, 4) is 11.4 Å². The molecule has 2 aromatic rings. The molecule has 0 saturated carbocycles. The van der Waals surface area contributed by atoms with Gasteiger partial charge in [0.2, 0.25) is 0 Å². The van der Waals surface area contributed by atoms with Crippen LogP contribution in [0.5, 0.6) is 0 Å². The van der Waals surface area contributed by atoms with Crippen molar-refractivity contribution in [2.24, 2.45) is 5.73 Å². The zero-order valence-corrected chi connectivity index (χ0v) is 9.13. The summed E-state index contributed by atoms with van der Waals surface area (Å²) in [6.45, 7) is 0.499. The number of rotatable bonds is 3. The van der Waals surface area contributed by atoms with E-state index in [0.29, 0.717) is 30.2 Å². The van der Waals surface area contributed by atoms with Gasteiger partial charge in [-0.1, -0.05) is 11.6 Å². The smallest absolute Gasteiger partial charge is 0.181 e. The molecule has 0 aliphatic carbocycles. The van der Waals surface area contributed by atoms with Gasteiger partial charge in [-0.2, -0.15) is 5.10 Å². The first-order valence-corrected chi connectivity index (χ1v) is 5.15. The van der Waals surface area contributed by atoms with Crippen molar-refractivity contribution in [2.45, 2.75) is 6.42 Å². The highest BCUT2D eigenvalue weighted by molar-refractivity contribution is 6.31. The Balaban J connectivity index is 2.31. The van der Waals surface area contributed by atoms with E-state index in [1.807, 2.05) is 0 Å². The zero-order valence-electron chi connectivity index (χ0n) is 8.37. The number of aromatic amines is 1. The van der Waals surface area contributed by atoms with E-state index in [0.717, 1.165) is 0 Å². The Morgan fingerprint density at radius 1 is 1.44 bits per heavy atom. The van der Waals surface area contributed by atoms with Gasteiger partial charge >= 0.3 is 0 Å². The van der Waals surface area contributed by atoms with Gasteiger partial charge in [0, 0.05) is 12.0 Å². The van der Waals surface area contributed by atoms with Gasteiger partial charge < -0.3 is 5.73 Å². The van der Waals surface area contributed by atoms with Crippen molar-refractivity contribution in [1.82, 2.24) is 15.2 Å². The topological polar surface area (TPSA) is 67.6 Å². The summed E-state index contributed by atoms with van der Waals surface area (Å²) < 4.78 is 12.9. The molecule has 0 unspecified atom stereocenters. The van der Waals surface area contributed by atoms with Crippen LogP contribution in [0.3, 0.4) is 0 Å². The predicted molar refractivity (Wildman–Crippen MR) is 59.5 cm³/mol. The van der Waals surface area contributed by atoms with Crippen LogP contribution >= 0.6 is 11.6 Å². The molecule has 2 rings (SSSR count). The monoisotopic (exact) mass is 240 g/mol. The summed E-state index contributed by atoms with van der Waals surface area (Å²) >= 11 is 5.67. The second kappa shape index (κ2) is 4.59. The van der Waals surface area contributed by atoms with E-state index in [4.69, 9.17) is 17.3 Å². The van der Waals surface area contributed by atoms with Crippen molar-refractivity contribution in [3.63, 3.8) is 0 Å². The van der Waals surface area contributed by atoms with Crippen LogP contribution < -0.4 is 5.73 Å². The fraction of sp³-hybridized carbons (Fsp3) is 0.200. The molecule has 4 nitrogen and oxygen atoms in total. The van der Waals surface area contributed by atoms with Crippen LogP contribution in [0, 0.1) is 5.82 Å². The van der Waals surface area contributed by atoms with Crippen molar-refractivity contribution in [3.05, 3.63) is 34.9 Å². The molecule has 0 aliphatic heterocycles. The van der Waals surface area contributed by atoms with E-state index < -0.39 is 5.82 Å². The van der Waals surface area contributed by atoms with Crippen LogP contribution in [0.4, 0.5) is 4.39 Å². The maximum Gasteiger partial charge on any atom is 0.181 e. The second-order valence-electron chi connectivity index (χ2n) is 3.27. The summed E-state index contributed by atoms with van der Waals surface area (Å²) in [5, 5.41) is 6.82. The Labute approximate surface area is 96.6 Å². The fourth-order valence-electron chi connectivity index (χ4n) is 1.31. The Morgan fingerprint density at radius 3 is 2.94 bits per heavy atom. The van der Waals surface area contributed by atoms with E-state index in [2.05, 4.69) is 15.2 Å². The number of nitrogens with one attached hydrogen (secondary N) is 1. The molecule has 3 N–H and O–H groups in total. The largest absolute Gasteiger partial charge is 0.330 e. The molecule has 0 atom stereocenters. The van der Waals surface area contributed by atoms with Crippen molar-refractivity contribution in [2.75, 3.05) is 6.54 Å². The van der Waals surface area contributed by atoms with Crippen LogP contribution in [0.25, 0.3) is 11.4 Å². The molecule has 0 amide bonds. The lowest BCUT2D eigenvalue weighted by atomic mass is 10.2. The van der Waals surface area contributed by atoms with E-state index in [-0.39, 0.29) is 5.02 Å². The normalized spacial score (nSPS) is 10.7. The summed E-state index contributed by atoms with van der Waals surface area (Å²) in [4.78, 5) is 4.21. The third-order valence-electron chi connectivity index (χ3n) is 2.09.